The molecule has 0 aromatic heterocycles. The Morgan fingerprint density at radius 3 is 2.56 bits per heavy atom. The molecule has 2 nitrogen and oxygen atoms in total. The van der Waals surface area contributed by atoms with Crippen LogP contribution in [0.3, 0.4) is 0 Å². The Bertz CT molecular complexity index is 564. The van der Waals surface area contributed by atoms with Crippen LogP contribution in [0.25, 0.3) is 0 Å². The van der Waals surface area contributed by atoms with Crippen molar-refractivity contribution in [3.63, 3.8) is 0 Å². The maximum absolute atomic E-state index is 9.88. The van der Waals surface area contributed by atoms with Gasteiger partial charge in [0.15, 0.2) is 0 Å². The van der Waals surface area contributed by atoms with E-state index >= 15 is 0 Å². The Balaban J connectivity index is 2.45. The molecule has 0 atom stereocenters. The maximum atomic E-state index is 9.88. The van der Waals surface area contributed by atoms with Crippen molar-refractivity contribution in [3.8, 4) is 5.75 Å². The van der Waals surface area contributed by atoms with E-state index in [4.69, 9.17) is 11.6 Å². The summed E-state index contributed by atoms with van der Waals surface area (Å²) in [5.74, 6) is 0.205. The SMILES string of the molecule is CCC(=Nc1ccccc1)c1cc(Cl)ccc1O. The van der Waals surface area contributed by atoms with Crippen LogP contribution in [0.1, 0.15) is 18.9 Å². The maximum Gasteiger partial charge on any atom is 0.124 e. The van der Waals surface area contributed by atoms with Gasteiger partial charge in [-0.3, -0.25) is 4.99 Å². The normalized spacial score (nSPS) is 11.6. The zero-order valence-corrected chi connectivity index (χ0v) is 10.9. The first-order valence-electron chi connectivity index (χ1n) is 5.82. The lowest BCUT2D eigenvalue weighted by Crippen LogP contribution is -1.99. The zero-order valence-electron chi connectivity index (χ0n) is 10.1. The summed E-state index contributed by atoms with van der Waals surface area (Å²) < 4.78 is 0. The van der Waals surface area contributed by atoms with Gasteiger partial charge in [0.05, 0.1) is 11.4 Å². The number of nitrogens with zero attached hydrogens (tertiary/aromatic N) is 1. The van der Waals surface area contributed by atoms with Gasteiger partial charge in [0.25, 0.3) is 0 Å². The molecular weight excluding hydrogens is 246 g/mol. The number of hydrogen-bond acceptors (Lipinski definition) is 2. The Labute approximate surface area is 112 Å². The average Bonchev–Trinajstić information content (AvgIpc) is 2.40. The molecule has 0 radical (unpaired) electrons. The third kappa shape index (κ3) is 2.90. The van der Waals surface area contributed by atoms with Crippen molar-refractivity contribution in [3.05, 3.63) is 59.1 Å². The highest BCUT2D eigenvalue weighted by Crippen LogP contribution is 2.25. The first-order chi connectivity index (χ1) is 8.70. The molecule has 0 spiro atoms. The highest BCUT2D eigenvalue weighted by atomic mass is 35.5. The smallest absolute Gasteiger partial charge is 0.124 e. The quantitative estimate of drug-likeness (QED) is 0.804. The Hall–Kier alpha value is -1.80. The van der Waals surface area contributed by atoms with Gasteiger partial charge in [0, 0.05) is 10.6 Å². The van der Waals surface area contributed by atoms with Gasteiger partial charge in [-0.1, -0.05) is 36.7 Å². The van der Waals surface area contributed by atoms with Crippen molar-refractivity contribution >= 4 is 23.0 Å². The largest absolute Gasteiger partial charge is 0.507 e. The summed E-state index contributed by atoms with van der Waals surface area (Å²) in [6.07, 6.45) is 0.725. The van der Waals surface area contributed by atoms with Gasteiger partial charge >= 0.3 is 0 Å². The molecule has 0 saturated heterocycles. The van der Waals surface area contributed by atoms with Crippen molar-refractivity contribution in [1.29, 1.82) is 0 Å². The Morgan fingerprint density at radius 2 is 1.89 bits per heavy atom. The molecule has 0 aliphatic rings. The molecule has 92 valence electrons. The van der Waals surface area contributed by atoms with Crippen LogP contribution >= 0.6 is 11.6 Å². The monoisotopic (exact) mass is 259 g/mol. The molecule has 0 aliphatic carbocycles. The summed E-state index contributed by atoms with van der Waals surface area (Å²) in [6, 6.07) is 14.7. The van der Waals surface area contributed by atoms with E-state index in [1.807, 2.05) is 37.3 Å². The second kappa shape index (κ2) is 5.69. The Morgan fingerprint density at radius 1 is 1.17 bits per heavy atom. The molecule has 0 unspecified atom stereocenters. The van der Waals surface area contributed by atoms with Crippen LogP contribution < -0.4 is 0 Å². The van der Waals surface area contributed by atoms with Crippen molar-refractivity contribution < 1.29 is 5.11 Å². The summed E-state index contributed by atoms with van der Waals surface area (Å²) in [7, 11) is 0. The second-order valence-corrected chi connectivity index (χ2v) is 4.35. The Kier molecular flexibility index (Phi) is 4.00. The van der Waals surface area contributed by atoms with Crippen LogP contribution in [0.2, 0.25) is 5.02 Å². The molecule has 0 saturated carbocycles. The number of para-hydroxylation sites is 1. The second-order valence-electron chi connectivity index (χ2n) is 3.91. The molecule has 0 amide bonds. The molecule has 18 heavy (non-hydrogen) atoms. The third-order valence-corrected chi connectivity index (χ3v) is 2.86. The minimum absolute atomic E-state index is 0.205. The lowest BCUT2D eigenvalue weighted by atomic mass is 10.1. The van der Waals surface area contributed by atoms with Gasteiger partial charge < -0.3 is 5.11 Å². The van der Waals surface area contributed by atoms with E-state index in [9.17, 15) is 5.11 Å². The van der Waals surface area contributed by atoms with E-state index in [1.165, 1.54) is 0 Å². The molecule has 0 heterocycles. The zero-order chi connectivity index (χ0) is 13.0. The van der Waals surface area contributed by atoms with Crippen molar-refractivity contribution in [2.75, 3.05) is 0 Å². The van der Waals surface area contributed by atoms with Gasteiger partial charge in [-0.25, -0.2) is 0 Å². The van der Waals surface area contributed by atoms with Crippen LogP contribution in [0.15, 0.2) is 53.5 Å². The van der Waals surface area contributed by atoms with Gasteiger partial charge in [-0.15, -0.1) is 0 Å². The molecule has 0 aliphatic heterocycles. The molecule has 3 heteroatoms. The lowest BCUT2D eigenvalue weighted by molar-refractivity contribution is 0.474. The van der Waals surface area contributed by atoms with Crippen molar-refractivity contribution in [2.45, 2.75) is 13.3 Å². The number of halogens is 1. The minimum atomic E-state index is 0.205. The highest BCUT2D eigenvalue weighted by Gasteiger charge is 2.08. The number of aromatic hydroxyl groups is 1. The topological polar surface area (TPSA) is 32.6 Å². The minimum Gasteiger partial charge on any atom is -0.507 e. The highest BCUT2D eigenvalue weighted by molar-refractivity contribution is 6.31. The standard InChI is InChI=1S/C15H14ClNO/c1-2-14(17-12-6-4-3-5-7-12)13-10-11(16)8-9-15(13)18/h3-10,18H,2H2,1H3. The molecular formula is C15H14ClNO. The summed E-state index contributed by atoms with van der Waals surface area (Å²) in [4.78, 5) is 4.55. The van der Waals surface area contributed by atoms with Gasteiger partial charge in [-0.05, 0) is 36.8 Å². The van der Waals surface area contributed by atoms with Crippen LogP contribution in [0.5, 0.6) is 5.75 Å². The molecule has 2 rings (SSSR count). The predicted octanol–water partition coefficient (Wildman–Crippen LogP) is 4.58. The molecule has 2 aromatic carbocycles. The van der Waals surface area contributed by atoms with E-state index < -0.39 is 0 Å². The van der Waals surface area contributed by atoms with E-state index in [1.54, 1.807) is 18.2 Å². The summed E-state index contributed by atoms with van der Waals surface area (Å²) in [5.41, 5.74) is 2.38. The van der Waals surface area contributed by atoms with E-state index in [0.29, 0.717) is 10.6 Å². The first-order valence-corrected chi connectivity index (χ1v) is 6.20. The van der Waals surface area contributed by atoms with Gasteiger partial charge in [0.1, 0.15) is 5.75 Å². The number of benzene rings is 2. The summed E-state index contributed by atoms with van der Waals surface area (Å²) in [5, 5.41) is 10.5. The van der Waals surface area contributed by atoms with Crippen LogP contribution in [0, 0.1) is 0 Å². The van der Waals surface area contributed by atoms with E-state index in [-0.39, 0.29) is 5.75 Å². The van der Waals surface area contributed by atoms with Crippen molar-refractivity contribution in [2.24, 2.45) is 4.99 Å². The van der Waals surface area contributed by atoms with E-state index in [2.05, 4.69) is 4.99 Å². The predicted molar refractivity (Wildman–Crippen MR) is 76.0 cm³/mol. The number of aliphatic imine (C=N–C) groups is 1. The first kappa shape index (κ1) is 12.7. The number of phenols is 1. The summed E-state index contributed by atoms with van der Waals surface area (Å²) >= 11 is 5.95. The fourth-order valence-corrected chi connectivity index (χ4v) is 1.90. The van der Waals surface area contributed by atoms with Crippen LogP contribution in [0.4, 0.5) is 5.69 Å². The molecule has 0 bridgehead atoms. The van der Waals surface area contributed by atoms with E-state index in [0.717, 1.165) is 17.8 Å². The van der Waals surface area contributed by atoms with Gasteiger partial charge in [0.2, 0.25) is 0 Å². The van der Waals surface area contributed by atoms with Gasteiger partial charge in [-0.2, -0.15) is 0 Å². The summed E-state index contributed by atoms with van der Waals surface area (Å²) in [6.45, 7) is 2.00. The molecule has 2 aromatic rings. The number of hydrogen-bond donors (Lipinski definition) is 1. The molecule has 0 fully saturated rings. The fourth-order valence-electron chi connectivity index (χ4n) is 1.73. The van der Waals surface area contributed by atoms with Crippen LogP contribution in [-0.2, 0) is 0 Å². The molecule has 1 N–H and O–H groups in total. The van der Waals surface area contributed by atoms with Crippen molar-refractivity contribution in [1.82, 2.24) is 0 Å². The fraction of sp³-hybridized carbons (Fsp3) is 0.133. The lowest BCUT2D eigenvalue weighted by Gasteiger charge is -2.07. The number of rotatable bonds is 3. The van der Waals surface area contributed by atoms with Crippen LogP contribution in [-0.4, -0.2) is 10.8 Å². The number of phenolic OH excluding ortho intramolecular Hbond substituents is 1. The average molecular weight is 260 g/mol. The third-order valence-electron chi connectivity index (χ3n) is 2.62.